The van der Waals surface area contributed by atoms with Gasteiger partial charge in [0.2, 0.25) is 23.6 Å². The number of methoxy groups -OCH3 is 1. The van der Waals surface area contributed by atoms with E-state index in [4.69, 9.17) is 18.9 Å². The van der Waals surface area contributed by atoms with Crippen LogP contribution in [-0.2, 0) is 61.9 Å². The normalized spacial score (nSPS) is 15.4. The maximum atomic E-state index is 14.5. The summed E-state index contributed by atoms with van der Waals surface area (Å²) in [5.41, 5.74) is -4.18. The van der Waals surface area contributed by atoms with Gasteiger partial charge in [0.1, 0.15) is 46.5 Å². The van der Waals surface area contributed by atoms with Gasteiger partial charge < -0.3 is 55.7 Å². The predicted molar refractivity (Wildman–Crippen MR) is 272 cm³/mol. The number of alkyl halides is 3. The standard InChI is InChI=1S/C53H78F3N7O12/c1-33(2)30-38(59-42(65)39(31-34-18-14-13-15-19-34)60-43(66)40(61-47(70)74-50(6,7)8)32-35-21-23-36(24-22-35)53(54,55)56)41(64)58-37(20-16-17-27-57-46(69)73-49(3,4)5)44(67)63-28-25-52(26-29-63,45(68)72-12)62-48(71)75-51(9,10)11/h13-15,18-19,21-24,33,37-40H,16-17,20,25-32H2,1-12H3,(H,57,69)(H,58,64)(H,59,65)(H,60,66)(H,61,70)(H,62,71)/t37-,38-,39-,40?/m1/s1. The third kappa shape index (κ3) is 22.4. The number of benzene rings is 2. The summed E-state index contributed by atoms with van der Waals surface area (Å²) in [6, 6.07) is 7.37. The zero-order valence-electron chi connectivity index (χ0n) is 45.3. The average Bonchev–Trinajstić information content (AvgIpc) is 3.28. The zero-order chi connectivity index (χ0) is 56.5. The first-order valence-corrected chi connectivity index (χ1v) is 25.1. The Balaban J connectivity index is 1.95. The molecule has 3 rings (SSSR count). The number of halogens is 3. The highest BCUT2D eigenvalue weighted by Gasteiger charge is 2.46. The fraction of sp³-hybridized carbons (Fsp3) is 0.623. The third-order valence-electron chi connectivity index (χ3n) is 11.4. The van der Waals surface area contributed by atoms with Crippen molar-refractivity contribution in [2.45, 2.75) is 180 Å². The molecule has 0 bridgehead atoms. The lowest BCUT2D eigenvalue weighted by Crippen LogP contribution is -2.63. The Kier molecular flexibility index (Phi) is 22.8. The van der Waals surface area contributed by atoms with Gasteiger partial charge >= 0.3 is 30.4 Å². The van der Waals surface area contributed by atoms with Gasteiger partial charge in [-0.25, -0.2) is 19.2 Å². The van der Waals surface area contributed by atoms with E-state index in [0.717, 1.165) is 12.1 Å². The van der Waals surface area contributed by atoms with Crippen molar-refractivity contribution >= 4 is 47.9 Å². The number of unbranched alkanes of at least 4 members (excludes halogenated alkanes) is 1. The summed E-state index contributed by atoms with van der Waals surface area (Å²) >= 11 is 0. The summed E-state index contributed by atoms with van der Waals surface area (Å²) in [7, 11) is 1.18. The minimum absolute atomic E-state index is 0.0357. The molecule has 1 aliphatic heterocycles. The van der Waals surface area contributed by atoms with E-state index in [0.29, 0.717) is 18.4 Å². The number of ether oxygens (including phenoxy) is 4. The number of rotatable bonds is 21. The van der Waals surface area contributed by atoms with E-state index in [1.165, 1.54) is 24.1 Å². The Labute approximate surface area is 438 Å². The molecule has 1 heterocycles. The first-order chi connectivity index (χ1) is 34.7. The summed E-state index contributed by atoms with van der Waals surface area (Å²) in [5.74, 6) is -3.86. The number of carbonyl (C=O) groups is 8. The van der Waals surface area contributed by atoms with Crippen molar-refractivity contribution in [1.29, 1.82) is 0 Å². The van der Waals surface area contributed by atoms with Crippen LogP contribution in [0.25, 0.3) is 0 Å². The van der Waals surface area contributed by atoms with Gasteiger partial charge in [-0.15, -0.1) is 0 Å². The topological polar surface area (TPSA) is 249 Å². The molecule has 1 aliphatic rings. The van der Waals surface area contributed by atoms with Crippen LogP contribution in [0.2, 0.25) is 0 Å². The summed E-state index contributed by atoms with van der Waals surface area (Å²) in [4.78, 5) is 111. The molecule has 6 N–H and O–H groups in total. The van der Waals surface area contributed by atoms with Crippen LogP contribution < -0.4 is 31.9 Å². The lowest BCUT2D eigenvalue weighted by molar-refractivity contribution is -0.153. The number of esters is 1. The average molecular weight is 1060 g/mol. The van der Waals surface area contributed by atoms with Gasteiger partial charge in [0, 0.05) is 32.5 Å². The molecular formula is C53H78F3N7O12. The van der Waals surface area contributed by atoms with Gasteiger partial charge in [-0.05, 0) is 130 Å². The molecule has 1 unspecified atom stereocenters. The fourth-order valence-electron chi connectivity index (χ4n) is 7.94. The lowest BCUT2D eigenvalue weighted by atomic mass is 9.87. The van der Waals surface area contributed by atoms with Crippen molar-refractivity contribution in [3.05, 3.63) is 71.3 Å². The van der Waals surface area contributed by atoms with E-state index < -0.39 is 106 Å². The molecular weight excluding hydrogens is 984 g/mol. The number of nitrogens with zero attached hydrogens (tertiary/aromatic N) is 1. The van der Waals surface area contributed by atoms with Crippen LogP contribution >= 0.6 is 0 Å². The van der Waals surface area contributed by atoms with Crippen LogP contribution in [0.15, 0.2) is 54.6 Å². The molecule has 2 aromatic rings. The molecule has 0 radical (unpaired) electrons. The highest BCUT2D eigenvalue weighted by Crippen LogP contribution is 2.30. The molecule has 75 heavy (non-hydrogen) atoms. The molecule has 4 atom stereocenters. The second kappa shape index (κ2) is 27.3. The molecule has 1 fully saturated rings. The van der Waals surface area contributed by atoms with Crippen molar-refractivity contribution in [3.63, 3.8) is 0 Å². The zero-order valence-corrected chi connectivity index (χ0v) is 45.3. The number of nitrogens with one attached hydrogen (secondary N) is 6. The minimum atomic E-state index is -4.62. The molecule has 0 saturated carbocycles. The quantitative estimate of drug-likeness (QED) is 0.0438. The lowest BCUT2D eigenvalue weighted by Gasteiger charge is -2.41. The summed E-state index contributed by atoms with van der Waals surface area (Å²) in [6.45, 7) is 18.7. The van der Waals surface area contributed by atoms with E-state index >= 15 is 0 Å². The van der Waals surface area contributed by atoms with Crippen molar-refractivity contribution in [1.82, 2.24) is 36.8 Å². The summed E-state index contributed by atoms with van der Waals surface area (Å²) in [5, 5.41) is 16.1. The molecule has 0 aromatic heterocycles. The number of hydrogen-bond acceptors (Lipinski definition) is 12. The van der Waals surface area contributed by atoms with Crippen LogP contribution in [0.5, 0.6) is 0 Å². The van der Waals surface area contributed by atoms with Crippen molar-refractivity contribution in [2.75, 3.05) is 26.7 Å². The van der Waals surface area contributed by atoms with E-state index in [1.807, 2.05) is 13.8 Å². The SMILES string of the molecule is COC(=O)C1(NC(=O)OC(C)(C)C)CCN(C(=O)[C@@H](CCCCNC(=O)OC(C)(C)C)NC(=O)[C@@H](CC(C)C)NC(=O)[C@@H](Cc2ccccc2)NC(=O)C(Cc2ccc(C(F)(F)F)cc2)NC(=O)OC(C)(C)C)CC1. The van der Waals surface area contributed by atoms with Crippen LogP contribution in [0.3, 0.4) is 0 Å². The number of piperidine rings is 1. The highest BCUT2D eigenvalue weighted by atomic mass is 19.4. The maximum Gasteiger partial charge on any atom is 0.416 e. The Bertz CT molecular complexity index is 2250. The van der Waals surface area contributed by atoms with Gasteiger partial charge in [0.25, 0.3) is 0 Å². The van der Waals surface area contributed by atoms with Gasteiger partial charge in [-0.1, -0.05) is 56.3 Å². The second-order valence-electron chi connectivity index (χ2n) is 22.1. The van der Waals surface area contributed by atoms with Gasteiger partial charge in [-0.2, -0.15) is 13.2 Å². The molecule has 0 aliphatic carbocycles. The third-order valence-corrected chi connectivity index (χ3v) is 11.4. The Morgan fingerprint density at radius 1 is 0.600 bits per heavy atom. The van der Waals surface area contributed by atoms with E-state index in [2.05, 4.69) is 31.9 Å². The van der Waals surface area contributed by atoms with Gasteiger partial charge in [0.15, 0.2) is 0 Å². The number of amides is 7. The summed E-state index contributed by atoms with van der Waals surface area (Å²) < 4.78 is 61.5. The van der Waals surface area contributed by atoms with Crippen molar-refractivity contribution < 1.29 is 70.5 Å². The van der Waals surface area contributed by atoms with Crippen molar-refractivity contribution in [3.8, 4) is 0 Å². The molecule has 7 amide bonds. The smallest absolute Gasteiger partial charge is 0.416 e. The van der Waals surface area contributed by atoms with Crippen LogP contribution in [-0.4, -0.2) is 126 Å². The number of likely N-dealkylation sites (tertiary alicyclic amines) is 1. The first-order valence-electron chi connectivity index (χ1n) is 25.1. The summed E-state index contributed by atoms with van der Waals surface area (Å²) in [6.07, 6.45) is -6.75. The molecule has 22 heteroatoms. The minimum Gasteiger partial charge on any atom is -0.467 e. The molecule has 2 aromatic carbocycles. The largest absolute Gasteiger partial charge is 0.467 e. The van der Waals surface area contributed by atoms with Crippen LogP contribution in [0.4, 0.5) is 27.6 Å². The maximum absolute atomic E-state index is 14.5. The Morgan fingerprint density at radius 2 is 1.07 bits per heavy atom. The number of alkyl carbamates (subject to hydrolysis) is 3. The Hall–Kier alpha value is -6.61. The van der Waals surface area contributed by atoms with Crippen LogP contribution in [0.1, 0.15) is 131 Å². The Morgan fingerprint density at radius 3 is 1.57 bits per heavy atom. The van der Waals surface area contributed by atoms with E-state index in [1.54, 1.807) is 92.6 Å². The molecule has 0 spiro atoms. The van der Waals surface area contributed by atoms with Gasteiger partial charge in [0.05, 0.1) is 12.7 Å². The van der Waals surface area contributed by atoms with Crippen molar-refractivity contribution in [2.24, 2.45) is 5.92 Å². The van der Waals surface area contributed by atoms with E-state index in [-0.39, 0.29) is 69.6 Å². The predicted octanol–water partition coefficient (Wildman–Crippen LogP) is 6.64. The number of hydrogen-bond donors (Lipinski definition) is 6. The molecule has 1 saturated heterocycles. The molecule has 418 valence electrons. The van der Waals surface area contributed by atoms with Crippen LogP contribution in [0, 0.1) is 5.92 Å². The monoisotopic (exact) mass is 1060 g/mol. The van der Waals surface area contributed by atoms with E-state index in [9.17, 15) is 51.5 Å². The number of carbonyl (C=O) groups excluding carboxylic acids is 8. The first kappa shape index (κ1) is 62.7. The fourth-order valence-corrected chi connectivity index (χ4v) is 7.94. The molecule has 19 nitrogen and oxygen atoms in total. The highest BCUT2D eigenvalue weighted by molar-refractivity contribution is 5.96. The second-order valence-corrected chi connectivity index (χ2v) is 22.1. The van der Waals surface area contributed by atoms with Gasteiger partial charge in [-0.3, -0.25) is 19.2 Å².